The highest BCUT2D eigenvalue weighted by molar-refractivity contribution is 7.89. The topological polar surface area (TPSA) is 84.9 Å². The Morgan fingerprint density at radius 2 is 1.65 bits per heavy atom. The van der Waals surface area contributed by atoms with E-state index in [4.69, 9.17) is 9.47 Å². The van der Waals surface area contributed by atoms with Crippen molar-refractivity contribution in [3.05, 3.63) is 66.7 Å². The Kier molecular flexibility index (Phi) is 7.14. The van der Waals surface area contributed by atoms with E-state index in [2.05, 4.69) is 5.32 Å². The van der Waals surface area contributed by atoms with Crippen molar-refractivity contribution in [3.8, 4) is 11.5 Å². The molecule has 0 saturated carbocycles. The average molecular weight is 443 g/mol. The van der Waals surface area contributed by atoms with Crippen LogP contribution in [0.3, 0.4) is 0 Å². The highest BCUT2D eigenvalue weighted by Gasteiger charge is 2.23. The van der Waals surface area contributed by atoms with Gasteiger partial charge in [0.05, 0.1) is 24.6 Å². The van der Waals surface area contributed by atoms with Crippen molar-refractivity contribution >= 4 is 26.7 Å². The Balaban J connectivity index is 1.55. The van der Waals surface area contributed by atoms with Crippen LogP contribution in [0, 0.1) is 0 Å². The first-order valence-electron chi connectivity index (χ1n) is 9.81. The van der Waals surface area contributed by atoms with Crippen molar-refractivity contribution in [3.63, 3.8) is 0 Å². The molecule has 3 aromatic carbocycles. The van der Waals surface area contributed by atoms with Crippen molar-refractivity contribution in [1.29, 1.82) is 0 Å². The van der Waals surface area contributed by atoms with E-state index in [0.717, 1.165) is 20.8 Å². The summed E-state index contributed by atoms with van der Waals surface area (Å²) < 4.78 is 37.5. The van der Waals surface area contributed by atoms with Crippen molar-refractivity contribution in [2.75, 3.05) is 27.3 Å². The smallest absolute Gasteiger partial charge is 0.243 e. The third kappa shape index (κ3) is 5.74. The van der Waals surface area contributed by atoms with E-state index >= 15 is 0 Å². The number of rotatable bonds is 9. The molecule has 1 N–H and O–H groups in total. The summed E-state index contributed by atoms with van der Waals surface area (Å²) in [7, 11) is -0.814. The van der Waals surface area contributed by atoms with Crippen LogP contribution in [0.4, 0.5) is 0 Å². The number of hydrogen-bond donors (Lipinski definition) is 1. The number of nitrogens with zero attached hydrogens (tertiary/aromatic N) is 1. The lowest BCUT2D eigenvalue weighted by atomic mass is 10.1. The van der Waals surface area contributed by atoms with Gasteiger partial charge in [-0.2, -0.15) is 4.31 Å². The second-order valence-electron chi connectivity index (χ2n) is 7.23. The van der Waals surface area contributed by atoms with Crippen molar-refractivity contribution in [2.24, 2.45) is 0 Å². The number of methoxy groups -OCH3 is 1. The lowest BCUT2D eigenvalue weighted by Gasteiger charge is -2.20. The Labute approximate surface area is 182 Å². The molecule has 0 aliphatic heterocycles. The maximum absolute atomic E-state index is 12.9. The van der Waals surface area contributed by atoms with Crippen LogP contribution in [0.1, 0.15) is 6.92 Å². The molecule has 164 valence electrons. The second kappa shape index (κ2) is 9.80. The standard InChI is InChI=1S/C23H26N2O5S/c1-17(16-30-21-11-9-20(29-3)10-12-21)24-23(26)15-25(2)31(27,28)22-13-8-18-6-4-5-7-19(18)14-22/h4-14,17H,15-16H2,1-3H3,(H,24,26). The molecule has 0 bridgehead atoms. The highest BCUT2D eigenvalue weighted by atomic mass is 32.2. The van der Waals surface area contributed by atoms with Gasteiger partial charge >= 0.3 is 0 Å². The van der Waals surface area contributed by atoms with Crippen LogP contribution in [0.2, 0.25) is 0 Å². The van der Waals surface area contributed by atoms with Gasteiger partial charge in [0, 0.05) is 7.05 Å². The van der Waals surface area contributed by atoms with Gasteiger partial charge in [0.15, 0.2) is 0 Å². The molecule has 1 unspecified atom stereocenters. The normalized spacial score (nSPS) is 12.5. The zero-order chi connectivity index (χ0) is 22.4. The van der Waals surface area contributed by atoms with Gasteiger partial charge in [0.1, 0.15) is 18.1 Å². The van der Waals surface area contributed by atoms with Gasteiger partial charge in [-0.05, 0) is 54.1 Å². The van der Waals surface area contributed by atoms with Crippen LogP contribution in [-0.4, -0.2) is 52.0 Å². The molecule has 0 aromatic heterocycles. The molecule has 0 saturated heterocycles. The average Bonchev–Trinajstić information content (AvgIpc) is 2.77. The van der Waals surface area contributed by atoms with Crippen LogP contribution < -0.4 is 14.8 Å². The number of fused-ring (bicyclic) bond motifs is 1. The molecule has 3 aromatic rings. The number of ether oxygens (including phenoxy) is 2. The first kappa shape index (κ1) is 22.6. The van der Waals surface area contributed by atoms with E-state index in [1.807, 2.05) is 24.3 Å². The van der Waals surface area contributed by atoms with Crippen molar-refractivity contribution in [2.45, 2.75) is 17.9 Å². The van der Waals surface area contributed by atoms with Crippen LogP contribution in [0.25, 0.3) is 10.8 Å². The summed E-state index contributed by atoms with van der Waals surface area (Å²) >= 11 is 0. The largest absolute Gasteiger partial charge is 0.497 e. The van der Waals surface area contributed by atoms with E-state index in [0.29, 0.717) is 5.75 Å². The van der Waals surface area contributed by atoms with Crippen LogP contribution in [0.15, 0.2) is 71.6 Å². The number of nitrogens with one attached hydrogen (secondary N) is 1. The third-order valence-electron chi connectivity index (χ3n) is 4.76. The second-order valence-corrected chi connectivity index (χ2v) is 9.27. The van der Waals surface area contributed by atoms with Gasteiger partial charge in [-0.25, -0.2) is 8.42 Å². The quantitative estimate of drug-likeness (QED) is 0.551. The minimum absolute atomic E-state index is 0.150. The first-order valence-corrected chi connectivity index (χ1v) is 11.2. The monoisotopic (exact) mass is 442 g/mol. The van der Waals surface area contributed by atoms with Crippen LogP contribution >= 0.6 is 0 Å². The zero-order valence-corrected chi connectivity index (χ0v) is 18.6. The zero-order valence-electron chi connectivity index (χ0n) is 17.7. The Hall–Kier alpha value is -3.10. The van der Waals surface area contributed by atoms with Crippen molar-refractivity contribution in [1.82, 2.24) is 9.62 Å². The number of hydrogen-bond acceptors (Lipinski definition) is 5. The molecular weight excluding hydrogens is 416 g/mol. The Morgan fingerprint density at radius 3 is 2.32 bits per heavy atom. The lowest BCUT2D eigenvalue weighted by molar-refractivity contribution is -0.121. The number of carbonyl (C=O) groups excluding carboxylic acids is 1. The summed E-state index contributed by atoms with van der Waals surface area (Å²) in [6.07, 6.45) is 0. The molecule has 1 amide bonds. The summed E-state index contributed by atoms with van der Waals surface area (Å²) in [4.78, 5) is 12.5. The van der Waals surface area contributed by atoms with Gasteiger partial charge in [0.25, 0.3) is 0 Å². The molecule has 1 atom stereocenters. The molecule has 0 aliphatic rings. The predicted molar refractivity (Wildman–Crippen MR) is 120 cm³/mol. The predicted octanol–water partition coefficient (Wildman–Crippen LogP) is 3.05. The van der Waals surface area contributed by atoms with E-state index in [1.165, 1.54) is 7.05 Å². The molecule has 0 heterocycles. The summed E-state index contributed by atoms with van der Waals surface area (Å²) in [5.41, 5.74) is 0. The molecule has 7 nitrogen and oxygen atoms in total. The maximum Gasteiger partial charge on any atom is 0.243 e. The van der Waals surface area contributed by atoms with Gasteiger partial charge in [-0.1, -0.05) is 30.3 Å². The first-order chi connectivity index (χ1) is 14.8. The van der Waals surface area contributed by atoms with Gasteiger partial charge in [0.2, 0.25) is 15.9 Å². The summed E-state index contributed by atoms with van der Waals surface area (Å²) in [6.45, 7) is 1.75. The number of carbonyl (C=O) groups is 1. The van der Waals surface area contributed by atoms with E-state index < -0.39 is 15.9 Å². The number of amides is 1. The molecule has 0 spiro atoms. The lowest BCUT2D eigenvalue weighted by Crippen LogP contribution is -2.43. The minimum Gasteiger partial charge on any atom is -0.497 e. The fourth-order valence-electron chi connectivity index (χ4n) is 3.05. The Morgan fingerprint density at radius 1 is 1.00 bits per heavy atom. The molecule has 0 aliphatic carbocycles. The molecule has 3 rings (SSSR count). The third-order valence-corrected chi connectivity index (χ3v) is 6.56. The summed E-state index contributed by atoms with van der Waals surface area (Å²) in [6, 6.07) is 19.3. The fourth-order valence-corrected chi connectivity index (χ4v) is 4.21. The molecular formula is C23H26N2O5S. The molecule has 0 radical (unpaired) electrons. The number of benzene rings is 3. The molecule has 31 heavy (non-hydrogen) atoms. The summed E-state index contributed by atoms with van der Waals surface area (Å²) in [5, 5.41) is 4.54. The minimum atomic E-state index is -3.79. The van der Waals surface area contributed by atoms with E-state index in [1.54, 1.807) is 56.5 Å². The fraction of sp³-hybridized carbons (Fsp3) is 0.261. The molecule has 0 fully saturated rings. The van der Waals surface area contributed by atoms with Gasteiger partial charge < -0.3 is 14.8 Å². The van der Waals surface area contributed by atoms with Crippen LogP contribution in [-0.2, 0) is 14.8 Å². The van der Waals surface area contributed by atoms with E-state index in [9.17, 15) is 13.2 Å². The number of likely N-dealkylation sites (N-methyl/N-ethyl adjacent to an activating group) is 1. The van der Waals surface area contributed by atoms with Crippen molar-refractivity contribution < 1.29 is 22.7 Å². The van der Waals surface area contributed by atoms with Crippen LogP contribution in [0.5, 0.6) is 11.5 Å². The van der Waals surface area contributed by atoms with Gasteiger partial charge in [-0.15, -0.1) is 0 Å². The SMILES string of the molecule is COc1ccc(OCC(C)NC(=O)CN(C)S(=O)(=O)c2ccc3ccccc3c2)cc1. The highest BCUT2D eigenvalue weighted by Crippen LogP contribution is 2.21. The van der Waals surface area contributed by atoms with E-state index in [-0.39, 0.29) is 24.1 Å². The summed E-state index contributed by atoms with van der Waals surface area (Å²) in [5.74, 6) is 0.972. The molecule has 8 heteroatoms. The van der Waals surface area contributed by atoms with Gasteiger partial charge in [-0.3, -0.25) is 4.79 Å². The number of sulfonamides is 1. The maximum atomic E-state index is 12.9. The Bertz CT molecular complexity index is 1150.